The van der Waals surface area contributed by atoms with E-state index in [0.717, 1.165) is 48.0 Å². The molecule has 0 aromatic rings. The third kappa shape index (κ3) is 13.2. The Morgan fingerprint density at radius 3 is 1.62 bits per heavy atom. The van der Waals surface area contributed by atoms with Crippen LogP contribution in [0, 0.1) is 0 Å². The molecule has 0 saturated heterocycles. The summed E-state index contributed by atoms with van der Waals surface area (Å²) in [6.45, 7) is 1.67. The topological polar surface area (TPSA) is 9.23 Å². The lowest BCUT2D eigenvalue weighted by atomic mass is 10.8. The van der Waals surface area contributed by atoms with Gasteiger partial charge in [-0.1, -0.05) is 0 Å². The number of alkyl halides is 2. The van der Waals surface area contributed by atoms with Crippen LogP contribution in [0.15, 0.2) is 0 Å². The lowest BCUT2D eigenvalue weighted by Crippen LogP contribution is -2.02. The average molecular weight is 263 g/mol. The standard InChI is InChI=1S/C8H16Cl2OS2/c9-1-5-12-7-3-11-4-8-13-6-2-10/h1-8H2. The number of ether oxygens (including phenoxy) is 1. The molecule has 0 bridgehead atoms. The summed E-state index contributed by atoms with van der Waals surface area (Å²) in [5, 5.41) is 0. The van der Waals surface area contributed by atoms with Crippen LogP contribution < -0.4 is 0 Å². The predicted molar refractivity (Wildman–Crippen MR) is 66.9 cm³/mol. The van der Waals surface area contributed by atoms with Crippen molar-refractivity contribution >= 4 is 46.7 Å². The van der Waals surface area contributed by atoms with Crippen molar-refractivity contribution in [3.63, 3.8) is 0 Å². The highest BCUT2D eigenvalue weighted by Gasteiger charge is 1.90. The third-order valence-corrected chi connectivity index (χ3v) is 3.91. The molecule has 0 saturated carbocycles. The molecule has 5 heteroatoms. The first-order valence-electron chi connectivity index (χ1n) is 4.27. The fourth-order valence-corrected chi connectivity index (χ4v) is 2.40. The van der Waals surface area contributed by atoms with Gasteiger partial charge in [-0.2, -0.15) is 23.5 Å². The fraction of sp³-hybridized carbons (Fsp3) is 1.00. The first kappa shape index (κ1) is 14.2. The monoisotopic (exact) mass is 262 g/mol. The van der Waals surface area contributed by atoms with Crippen molar-refractivity contribution in [2.75, 3.05) is 48.0 Å². The van der Waals surface area contributed by atoms with E-state index >= 15 is 0 Å². The van der Waals surface area contributed by atoms with E-state index in [4.69, 9.17) is 27.9 Å². The van der Waals surface area contributed by atoms with Crippen LogP contribution in [-0.2, 0) is 4.74 Å². The van der Waals surface area contributed by atoms with Crippen LogP contribution in [-0.4, -0.2) is 48.0 Å². The van der Waals surface area contributed by atoms with Crippen LogP contribution in [0.1, 0.15) is 0 Å². The molecule has 0 aliphatic rings. The SMILES string of the molecule is ClCCSCCOCCSCCCl. The van der Waals surface area contributed by atoms with Gasteiger partial charge in [-0.15, -0.1) is 23.2 Å². The maximum Gasteiger partial charge on any atom is 0.0557 e. The highest BCUT2D eigenvalue weighted by Crippen LogP contribution is 2.02. The predicted octanol–water partition coefficient (Wildman–Crippen LogP) is 2.95. The molecule has 0 aromatic heterocycles. The minimum atomic E-state index is 0.732. The van der Waals surface area contributed by atoms with Gasteiger partial charge in [-0.05, 0) is 0 Å². The molecule has 0 amide bonds. The molecule has 13 heavy (non-hydrogen) atoms. The van der Waals surface area contributed by atoms with Crippen molar-refractivity contribution in [3.05, 3.63) is 0 Å². The maximum absolute atomic E-state index is 5.52. The summed E-state index contributed by atoms with van der Waals surface area (Å²) >= 11 is 14.7. The highest BCUT2D eigenvalue weighted by molar-refractivity contribution is 7.99. The zero-order chi connectivity index (χ0) is 9.78. The second-order valence-corrected chi connectivity index (χ2v) is 5.42. The van der Waals surface area contributed by atoms with Gasteiger partial charge in [0, 0.05) is 34.8 Å². The van der Waals surface area contributed by atoms with E-state index in [9.17, 15) is 0 Å². The summed E-state index contributed by atoms with van der Waals surface area (Å²) in [6.07, 6.45) is 0. The molecule has 0 N–H and O–H groups in total. The molecular weight excluding hydrogens is 247 g/mol. The van der Waals surface area contributed by atoms with Crippen molar-refractivity contribution in [1.82, 2.24) is 0 Å². The summed E-state index contributed by atoms with van der Waals surface area (Å²) in [4.78, 5) is 0. The maximum atomic E-state index is 5.52. The van der Waals surface area contributed by atoms with Gasteiger partial charge in [0.2, 0.25) is 0 Å². The Balaban J connectivity index is 2.76. The van der Waals surface area contributed by atoms with Crippen LogP contribution in [0.2, 0.25) is 0 Å². The fourth-order valence-electron chi connectivity index (χ4n) is 0.651. The molecule has 0 aromatic carbocycles. The number of hydrogen-bond acceptors (Lipinski definition) is 3. The minimum absolute atomic E-state index is 0.732. The van der Waals surface area contributed by atoms with Gasteiger partial charge in [0.05, 0.1) is 13.2 Å². The summed E-state index contributed by atoms with van der Waals surface area (Å²) in [5.74, 6) is 5.60. The van der Waals surface area contributed by atoms with Gasteiger partial charge >= 0.3 is 0 Å². The Morgan fingerprint density at radius 1 is 0.769 bits per heavy atom. The van der Waals surface area contributed by atoms with Crippen LogP contribution in [0.4, 0.5) is 0 Å². The van der Waals surface area contributed by atoms with Gasteiger partial charge in [-0.25, -0.2) is 0 Å². The molecule has 0 radical (unpaired) electrons. The van der Waals surface area contributed by atoms with E-state index in [-0.39, 0.29) is 0 Å². The van der Waals surface area contributed by atoms with E-state index in [1.54, 1.807) is 0 Å². The first-order chi connectivity index (χ1) is 6.41. The Hall–Kier alpha value is 1.24. The Kier molecular flexibility index (Phi) is 14.5. The van der Waals surface area contributed by atoms with E-state index < -0.39 is 0 Å². The Labute approximate surface area is 99.3 Å². The molecule has 1 nitrogen and oxygen atoms in total. The number of hydrogen-bond donors (Lipinski definition) is 0. The van der Waals surface area contributed by atoms with Crippen molar-refractivity contribution in [3.8, 4) is 0 Å². The quantitative estimate of drug-likeness (QED) is 0.443. The Bertz CT molecular complexity index is 86.2. The van der Waals surface area contributed by atoms with E-state index in [0.29, 0.717) is 0 Å². The molecule has 0 aliphatic carbocycles. The van der Waals surface area contributed by atoms with E-state index in [1.165, 1.54) is 0 Å². The van der Waals surface area contributed by atoms with Gasteiger partial charge in [0.15, 0.2) is 0 Å². The molecule has 80 valence electrons. The zero-order valence-corrected chi connectivity index (χ0v) is 10.8. The van der Waals surface area contributed by atoms with Gasteiger partial charge in [-0.3, -0.25) is 0 Å². The average Bonchev–Trinajstić information content (AvgIpc) is 2.16. The smallest absolute Gasteiger partial charge is 0.0557 e. The largest absolute Gasteiger partial charge is 0.380 e. The van der Waals surface area contributed by atoms with Crippen LogP contribution in [0.25, 0.3) is 0 Å². The van der Waals surface area contributed by atoms with Gasteiger partial charge in [0.25, 0.3) is 0 Å². The number of rotatable bonds is 10. The lowest BCUT2D eigenvalue weighted by Gasteiger charge is -2.02. The third-order valence-electron chi connectivity index (χ3n) is 1.19. The van der Waals surface area contributed by atoms with Crippen LogP contribution in [0.5, 0.6) is 0 Å². The molecular formula is C8H16Cl2OS2. The normalized spacial score (nSPS) is 10.6. The molecule has 0 fully saturated rings. The zero-order valence-electron chi connectivity index (χ0n) is 7.64. The Morgan fingerprint density at radius 2 is 1.23 bits per heavy atom. The molecule has 0 atom stereocenters. The summed E-state index contributed by atoms with van der Waals surface area (Å²) in [5.41, 5.74) is 0. The first-order valence-corrected chi connectivity index (χ1v) is 7.65. The van der Waals surface area contributed by atoms with Crippen molar-refractivity contribution in [2.24, 2.45) is 0 Å². The van der Waals surface area contributed by atoms with Crippen molar-refractivity contribution < 1.29 is 4.74 Å². The highest BCUT2D eigenvalue weighted by atomic mass is 35.5. The minimum Gasteiger partial charge on any atom is -0.380 e. The van der Waals surface area contributed by atoms with Crippen molar-refractivity contribution in [1.29, 1.82) is 0 Å². The van der Waals surface area contributed by atoms with Crippen LogP contribution >= 0.6 is 46.7 Å². The second kappa shape index (κ2) is 13.2. The molecule has 0 spiro atoms. The summed E-state index contributed by atoms with van der Waals surface area (Å²) < 4.78 is 5.40. The molecule has 0 aliphatic heterocycles. The van der Waals surface area contributed by atoms with E-state index in [2.05, 4.69) is 0 Å². The second-order valence-electron chi connectivity index (χ2n) is 2.22. The molecule has 0 rings (SSSR count). The van der Waals surface area contributed by atoms with Gasteiger partial charge < -0.3 is 4.74 Å². The van der Waals surface area contributed by atoms with Crippen molar-refractivity contribution in [2.45, 2.75) is 0 Å². The lowest BCUT2D eigenvalue weighted by molar-refractivity contribution is 0.167. The summed E-state index contributed by atoms with van der Waals surface area (Å²) in [7, 11) is 0. The van der Waals surface area contributed by atoms with Crippen LogP contribution in [0.3, 0.4) is 0 Å². The van der Waals surface area contributed by atoms with Gasteiger partial charge in [0.1, 0.15) is 0 Å². The summed E-state index contributed by atoms with van der Waals surface area (Å²) in [6, 6.07) is 0. The molecule has 0 heterocycles. The molecule has 0 unspecified atom stereocenters. The number of thioether (sulfide) groups is 2. The number of halogens is 2. The van der Waals surface area contributed by atoms with E-state index in [1.807, 2.05) is 23.5 Å².